The van der Waals surface area contributed by atoms with Crippen LogP contribution in [0.1, 0.15) is 35.8 Å². The van der Waals surface area contributed by atoms with E-state index in [0.717, 1.165) is 5.56 Å². The maximum Gasteiger partial charge on any atom is 0.250 e. The van der Waals surface area contributed by atoms with E-state index in [-0.39, 0.29) is 6.04 Å². The molecular formula is C10H15N3O. The van der Waals surface area contributed by atoms with Crippen molar-refractivity contribution in [1.29, 1.82) is 0 Å². The Bertz CT molecular complexity index is 336. The van der Waals surface area contributed by atoms with Crippen LogP contribution in [0.3, 0.4) is 0 Å². The predicted molar refractivity (Wildman–Crippen MR) is 54.5 cm³/mol. The SMILES string of the molecule is CC(C)[C@H](N)c1cncc(C(N)=O)c1. The third kappa shape index (κ3) is 2.29. The number of nitrogens with zero attached hydrogens (tertiary/aromatic N) is 1. The minimum Gasteiger partial charge on any atom is -0.366 e. The van der Waals surface area contributed by atoms with Crippen LogP contribution in [0.4, 0.5) is 0 Å². The van der Waals surface area contributed by atoms with Crippen molar-refractivity contribution in [1.82, 2.24) is 4.98 Å². The summed E-state index contributed by atoms with van der Waals surface area (Å²) in [4.78, 5) is 14.8. The van der Waals surface area contributed by atoms with Gasteiger partial charge in [-0.05, 0) is 17.5 Å². The number of rotatable bonds is 3. The Hall–Kier alpha value is -1.42. The normalized spacial score (nSPS) is 12.9. The molecule has 4 heteroatoms. The van der Waals surface area contributed by atoms with Crippen molar-refractivity contribution in [3.05, 3.63) is 29.6 Å². The number of nitrogens with two attached hydrogens (primary N) is 2. The first-order valence-corrected chi connectivity index (χ1v) is 4.52. The third-order valence-electron chi connectivity index (χ3n) is 2.15. The molecule has 1 heterocycles. The number of carbonyl (C=O) groups excluding carboxylic acids is 1. The molecule has 0 saturated carbocycles. The topological polar surface area (TPSA) is 82.0 Å². The Kier molecular flexibility index (Phi) is 3.19. The largest absolute Gasteiger partial charge is 0.366 e. The van der Waals surface area contributed by atoms with E-state index in [1.54, 1.807) is 12.3 Å². The molecule has 0 bridgehead atoms. The van der Waals surface area contributed by atoms with Gasteiger partial charge in [0, 0.05) is 18.4 Å². The van der Waals surface area contributed by atoms with Crippen LogP contribution in [0.2, 0.25) is 0 Å². The fraction of sp³-hybridized carbons (Fsp3) is 0.400. The van der Waals surface area contributed by atoms with Crippen molar-refractivity contribution >= 4 is 5.91 Å². The molecule has 0 aliphatic heterocycles. The second kappa shape index (κ2) is 4.19. The van der Waals surface area contributed by atoms with Crippen molar-refractivity contribution in [2.75, 3.05) is 0 Å². The van der Waals surface area contributed by atoms with Crippen LogP contribution in [0.5, 0.6) is 0 Å². The molecule has 0 aliphatic carbocycles. The zero-order valence-corrected chi connectivity index (χ0v) is 8.40. The number of carbonyl (C=O) groups is 1. The lowest BCUT2D eigenvalue weighted by Crippen LogP contribution is -2.18. The molecule has 0 aromatic carbocycles. The molecular weight excluding hydrogens is 178 g/mol. The Morgan fingerprint density at radius 3 is 2.57 bits per heavy atom. The van der Waals surface area contributed by atoms with Gasteiger partial charge in [0.25, 0.3) is 0 Å². The van der Waals surface area contributed by atoms with Gasteiger partial charge in [-0.1, -0.05) is 13.8 Å². The minimum atomic E-state index is -0.477. The second-order valence-corrected chi connectivity index (χ2v) is 3.64. The van der Waals surface area contributed by atoms with Crippen molar-refractivity contribution in [2.45, 2.75) is 19.9 Å². The van der Waals surface area contributed by atoms with Crippen molar-refractivity contribution < 1.29 is 4.79 Å². The van der Waals surface area contributed by atoms with E-state index in [4.69, 9.17) is 11.5 Å². The van der Waals surface area contributed by atoms with Gasteiger partial charge in [-0.2, -0.15) is 0 Å². The van der Waals surface area contributed by atoms with Crippen LogP contribution in [-0.2, 0) is 0 Å². The van der Waals surface area contributed by atoms with E-state index < -0.39 is 5.91 Å². The summed E-state index contributed by atoms with van der Waals surface area (Å²) in [6.07, 6.45) is 3.11. The number of amides is 1. The molecule has 4 nitrogen and oxygen atoms in total. The molecule has 1 amide bonds. The quantitative estimate of drug-likeness (QED) is 0.746. The Morgan fingerprint density at radius 1 is 1.43 bits per heavy atom. The van der Waals surface area contributed by atoms with E-state index in [9.17, 15) is 4.79 Å². The summed E-state index contributed by atoms with van der Waals surface area (Å²) in [5.74, 6) is -0.171. The maximum atomic E-state index is 10.9. The molecule has 0 saturated heterocycles. The highest BCUT2D eigenvalue weighted by atomic mass is 16.1. The average Bonchev–Trinajstić information content (AvgIpc) is 2.16. The second-order valence-electron chi connectivity index (χ2n) is 3.64. The van der Waals surface area contributed by atoms with Crippen LogP contribution in [-0.4, -0.2) is 10.9 Å². The average molecular weight is 193 g/mol. The molecule has 0 aliphatic rings. The van der Waals surface area contributed by atoms with Gasteiger partial charge in [-0.25, -0.2) is 0 Å². The van der Waals surface area contributed by atoms with Gasteiger partial charge >= 0.3 is 0 Å². The zero-order chi connectivity index (χ0) is 10.7. The Labute approximate surface area is 83.3 Å². The lowest BCUT2D eigenvalue weighted by Gasteiger charge is -2.15. The molecule has 1 rings (SSSR count). The number of primary amides is 1. The van der Waals surface area contributed by atoms with E-state index >= 15 is 0 Å². The molecule has 1 atom stereocenters. The highest BCUT2D eigenvalue weighted by molar-refractivity contribution is 5.92. The Balaban J connectivity index is 2.99. The molecule has 0 unspecified atom stereocenters. The monoisotopic (exact) mass is 193 g/mol. The van der Waals surface area contributed by atoms with Gasteiger partial charge in [-0.3, -0.25) is 9.78 Å². The number of pyridine rings is 1. The Morgan fingerprint density at radius 2 is 2.07 bits per heavy atom. The van der Waals surface area contributed by atoms with Gasteiger partial charge < -0.3 is 11.5 Å². The lowest BCUT2D eigenvalue weighted by atomic mass is 9.97. The first kappa shape index (κ1) is 10.7. The van der Waals surface area contributed by atoms with Crippen LogP contribution in [0, 0.1) is 5.92 Å². The number of aromatic nitrogens is 1. The van der Waals surface area contributed by atoms with Crippen molar-refractivity contribution in [3.63, 3.8) is 0 Å². The summed E-state index contributed by atoms with van der Waals surface area (Å²) in [6, 6.07) is 1.58. The molecule has 1 aromatic rings. The molecule has 0 spiro atoms. The first-order chi connectivity index (χ1) is 6.52. The summed E-state index contributed by atoms with van der Waals surface area (Å²) in [5, 5.41) is 0. The van der Waals surface area contributed by atoms with Gasteiger partial charge in [0.05, 0.1) is 5.56 Å². The van der Waals surface area contributed by atoms with Gasteiger partial charge in [-0.15, -0.1) is 0 Å². The summed E-state index contributed by atoms with van der Waals surface area (Å²) in [6.45, 7) is 4.03. The molecule has 14 heavy (non-hydrogen) atoms. The van der Waals surface area contributed by atoms with E-state index in [0.29, 0.717) is 11.5 Å². The van der Waals surface area contributed by atoms with Gasteiger partial charge in [0.2, 0.25) is 5.91 Å². The fourth-order valence-corrected chi connectivity index (χ4v) is 1.16. The van der Waals surface area contributed by atoms with Crippen molar-refractivity contribution in [3.8, 4) is 0 Å². The molecule has 0 radical (unpaired) electrons. The van der Waals surface area contributed by atoms with Gasteiger partial charge in [0.1, 0.15) is 0 Å². The van der Waals surface area contributed by atoms with E-state index in [2.05, 4.69) is 4.98 Å². The van der Waals surface area contributed by atoms with E-state index in [1.165, 1.54) is 6.20 Å². The van der Waals surface area contributed by atoms with Crippen LogP contribution in [0.15, 0.2) is 18.5 Å². The number of hydrogen-bond acceptors (Lipinski definition) is 3. The lowest BCUT2D eigenvalue weighted by molar-refractivity contribution is 0.1000. The molecule has 4 N–H and O–H groups in total. The van der Waals surface area contributed by atoms with Gasteiger partial charge in [0.15, 0.2) is 0 Å². The summed E-state index contributed by atoms with van der Waals surface area (Å²) in [5.41, 5.74) is 12.3. The first-order valence-electron chi connectivity index (χ1n) is 4.52. The van der Waals surface area contributed by atoms with E-state index in [1.807, 2.05) is 13.8 Å². The van der Waals surface area contributed by atoms with Crippen LogP contribution < -0.4 is 11.5 Å². The smallest absolute Gasteiger partial charge is 0.250 e. The highest BCUT2D eigenvalue weighted by Crippen LogP contribution is 2.18. The predicted octanol–water partition coefficient (Wildman–Crippen LogP) is 0.836. The summed E-state index contributed by atoms with van der Waals surface area (Å²) in [7, 11) is 0. The highest BCUT2D eigenvalue weighted by Gasteiger charge is 2.12. The summed E-state index contributed by atoms with van der Waals surface area (Å²) < 4.78 is 0. The fourth-order valence-electron chi connectivity index (χ4n) is 1.16. The molecule has 1 aromatic heterocycles. The maximum absolute atomic E-state index is 10.9. The van der Waals surface area contributed by atoms with Crippen LogP contribution in [0.25, 0.3) is 0 Å². The third-order valence-corrected chi connectivity index (χ3v) is 2.15. The minimum absolute atomic E-state index is 0.109. The number of hydrogen-bond donors (Lipinski definition) is 2. The standard InChI is InChI=1S/C10H15N3O/c1-6(2)9(11)7-3-8(10(12)14)5-13-4-7/h3-6,9H,11H2,1-2H3,(H2,12,14)/t9-/m0/s1. The van der Waals surface area contributed by atoms with Crippen LogP contribution >= 0.6 is 0 Å². The molecule has 76 valence electrons. The molecule has 0 fully saturated rings. The van der Waals surface area contributed by atoms with Crippen molar-refractivity contribution in [2.24, 2.45) is 17.4 Å². The zero-order valence-electron chi connectivity index (χ0n) is 8.40. The summed E-state index contributed by atoms with van der Waals surface area (Å²) >= 11 is 0.